The number of piperidine rings is 1. The van der Waals surface area contributed by atoms with E-state index in [2.05, 4.69) is 10.2 Å². The van der Waals surface area contributed by atoms with Gasteiger partial charge in [0.1, 0.15) is 0 Å². The van der Waals surface area contributed by atoms with E-state index in [1.165, 1.54) is 58.2 Å². The van der Waals surface area contributed by atoms with Gasteiger partial charge in [0.2, 0.25) is 0 Å². The summed E-state index contributed by atoms with van der Waals surface area (Å²) in [6, 6.07) is 1.79. The summed E-state index contributed by atoms with van der Waals surface area (Å²) in [5.74, 6) is 1.07. The Kier molecular flexibility index (Phi) is 2.50. The maximum absolute atomic E-state index is 3.60. The van der Waals surface area contributed by atoms with Crippen LogP contribution in [0.2, 0.25) is 0 Å². The van der Waals surface area contributed by atoms with Crippen LogP contribution in [0, 0.1) is 5.92 Å². The lowest BCUT2D eigenvalue weighted by molar-refractivity contribution is 0.0880. The van der Waals surface area contributed by atoms with Gasteiger partial charge in [0.05, 0.1) is 0 Å². The predicted octanol–water partition coefficient (Wildman–Crippen LogP) is 1.61. The van der Waals surface area contributed by atoms with Gasteiger partial charge in [-0.25, -0.2) is 0 Å². The molecule has 0 aromatic carbocycles. The van der Waals surface area contributed by atoms with Crippen LogP contribution in [0.3, 0.4) is 0 Å². The molecule has 2 heterocycles. The van der Waals surface area contributed by atoms with Crippen LogP contribution in [0.1, 0.15) is 38.5 Å². The first kappa shape index (κ1) is 9.17. The van der Waals surface area contributed by atoms with Gasteiger partial charge in [-0.3, -0.25) is 4.90 Å². The minimum atomic E-state index is 0.872. The van der Waals surface area contributed by atoms with Gasteiger partial charge in [0, 0.05) is 25.2 Å². The Labute approximate surface area is 87.0 Å². The maximum atomic E-state index is 3.60. The largest absolute Gasteiger partial charge is 0.315 e. The summed E-state index contributed by atoms with van der Waals surface area (Å²) in [4.78, 5) is 2.85. The van der Waals surface area contributed by atoms with Crippen molar-refractivity contribution in [2.45, 2.75) is 50.6 Å². The molecular weight excluding hydrogens is 172 g/mol. The highest BCUT2D eigenvalue weighted by atomic mass is 15.2. The lowest BCUT2D eigenvalue weighted by atomic mass is 9.94. The molecule has 2 saturated heterocycles. The van der Waals surface area contributed by atoms with Crippen molar-refractivity contribution in [3.63, 3.8) is 0 Å². The zero-order chi connectivity index (χ0) is 9.38. The van der Waals surface area contributed by atoms with E-state index in [1.54, 1.807) is 0 Å². The van der Waals surface area contributed by atoms with Crippen molar-refractivity contribution in [2.75, 3.05) is 19.6 Å². The van der Waals surface area contributed by atoms with Crippen LogP contribution in [0.4, 0.5) is 0 Å². The van der Waals surface area contributed by atoms with Crippen LogP contribution < -0.4 is 5.32 Å². The molecule has 1 aliphatic carbocycles. The Balaban J connectivity index is 1.69. The Hall–Kier alpha value is -0.0800. The average Bonchev–Trinajstić information content (AvgIpc) is 2.99. The monoisotopic (exact) mass is 194 g/mol. The first-order valence-corrected chi connectivity index (χ1v) is 6.40. The maximum Gasteiger partial charge on any atom is 0.0223 e. The summed E-state index contributed by atoms with van der Waals surface area (Å²) in [6.07, 6.45) is 8.77. The van der Waals surface area contributed by atoms with Crippen LogP contribution >= 0.6 is 0 Å². The Morgan fingerprint density at radius 3 is 2.71 bits per heavy atom. The van der Waals surface area contributed by atoms with Crippen LogP contribution in [0.5, 0.6) is 0 Å². The first-order chi connectivity index (χ1) is 6.93. The average molecular weight is 194 g/mol. The van der Waals surface area contributed by atoms with E-state index in [0.29, 0.717) is 0 Å². The fourth-order valence-electron chi connectivity index (χ4n) is 3.18. The quantitative estimate of drug-likeness (QED) is 0.718. The Bertz CT molecular complexity index is 186. The second kappa shape index (κ2) is 3.82. The normalized spacial score (nSPS) is 39.4. The Morgan fingerprint density at radius 2 is 1.86 bits per heavy atom. The highest BCUT2D eigenvalue weighted by Crippen LogP contribution is 2.34. The van der Waals surface area contributed by atoms with Crippen molar-refractivity contribution in [2.24, 2.45) is 5.92 Å². The van der Waals surface area contributed by atoms with E-state index < -0.39 is 0 Å². The SMILES string of the molecule is C1CC2CCNCC(C1)N2CC1CC1. The topological polar surface area (TPSA) is 15.3 Å². The van der Waals surface area contributed by atoms with Crippen molar-refractivity contribution in [1.29, 1.82) is 0 Å². The molecule has 2 heteroatoms. The van der Waals surface area contributed by atoms with Gasteiger partial charge >= 0.3 is 0 Å². The van der Waals surface area contributed by atoms with Gasteiger partial charge in [-0.1, -0.05) is 6.42 Å². The van der Waals surface area contributed by atoms with Crippen molar-refractivity contribution in [3.05, 3.63) is 0 Å². The minimum absolute atomic E-state index is 0.872. The highest BCUT2D eigenvalue weighted by molar-refractivity contribution is 4.91. The van der Waals surface area contributed by atoms with E-state index >= 15 is 0 Å². The molecule has 2 unspecified atom stereocenters. The van der Waals surface area contributed by atoms with E-state index in [1.807, 2.05) is 0 Å². The molecule has 3 fully saturated rings. The van der Waals surface area contributed by atoms with E-state index in [9.17, 15) is 0 Å². The molecule has 2 aliphatic heterocycles. The van der Waals surface area contributed by atoms with Gasteiger partial charge in [-0.2, -0.15) is 0 Å². The first-order valence-electron chi connectivity index (χ1n) is 6.40. The van der Waals surface area contributed by atoms with Gasteiger partial charge in [-0.15, -0.1) is 0 Å². The summed E-state index contributed by atoms with van der Waals surface area (Å²) in [5, 5.41) is 3.60. The van der Waals surface area contributed by atoms with Crippen molar-refractivity contribution >= 4 is 0 Å². The predicted molar refractivity (Wildman–Crippen MR) is 58.3 cm³/mol. The number of nitrogens with zero attached hydrogens (tertiary/aromatic N) is 1. The molecule has 0 aromatic heterocycles. The zero-order valence-electron chi connectivity index (χ0n) is 9.04. The lowest BCUT2D eigenvalue weighted by Gasteiger charge is -2.40. The fraction of sp³-hybridized carbons (Fsp3) is 1.00. The van der Waals surface area contributed by atoms with E-state index in [4.69, 9.17) is 0 Å². The van der Waals surface area contributed by atoms with E-state index in [-0.39, 0.29) is 0 Å². The van der Waals surface area contributed by atoms with Gasteiger partial charge in [0.25, 0.3) is 0 Å². The second-order valence-electron chi connectivity index (χ2n) is 5.37. The second-order valence-corrected chi connectivity index (χ2v) is 5.37. The molecule has 0 aromatic rings. The van der Waals surface area contributed by atoms with Crippen LogP contribution in [-0.4, -0.2) is 36.6 Å². The molecule has 0 spiro atoms. The van der Waals surface area contributed by atoms with E-state index in [0.717, 1.165) is 18.0 Å². The number of rotatable bonds is 2. The minimum Gasteiger partial charge on any atom is -0.315 e. The summed E-state index contributed by atoms with van der Waals surface area (Å²) < 4.78 is 0. The van der Waals surface area contributed by atoms with Crippen molar-refractivity contribution in [1.82, 2.24) is 10.2 Å². The van der Waals surface area contributed by atoms with Gasteiger partial charge < -0.3 is 5.32 Å². The fourth-order valence-corrected chi connectivity index (χ4v) is 3.18. The molecule has 80 valence electrons. The number of hydrogen-bond acceptors (Lipinski definition) is 2. The molecular formula is C12H22N2. The summed E-state index contributed by atoms with van der Waals surface area (Å²) in [7, 11) is 0. The molecule has 2 bridgehead atoms. The summed E-state index contributed by atoms with van der Waals surface area (Å²) in [5.41, 5.74) is 0. The smallest absolute Gasteiger partial charge is 0.0223 e. The molecule has 3 aliphatic rings. The number of fused-ring (bicyclic) bond motifs is 2. The van der Waals surface area contributed by atoms with Crippen molar-refractivity contribution < 1.29 is 0 Å². The summed E-state index contributed by atoms with van der Waals surface area (Å²) in [6.45, 7) is 3.92. The van der Waals surface area contributed by atoms with Gasteiger partial charge in [-0.05, 0) is 44.6 Å². The summed E-state index contributed by atoms with van der Waals surface area (Å²) >= 11 is 0. The number of hydrogen-bond donors (Lipinski definition) is 1. The molecule has 3 rings (SSSR count). The Morgan fingerprint density at radius 1 is 1.00 bits per heavy atom. The highest BCUT2D eigenvalue weighted by Gasteiger charge is 2.35. The van der Waals surface area contributed by atoms with Crippen LogP contribution in [-0.2, 0) is 0 Å². The van der Waals surface area contributed by atoms with Crippen LogP contribution in [0.15, 0.2) is 0 Å². The molecule has 0 amide bonds. The third-order valence-electron chi connectivity index (χ3n) is 4.21. The third-order valence-corrected chi connectivity index (χ3v) is 4.21. The molecule has 2 nitrogen and oxygen atoms in total. The van der Waals surface area contributed by atoms with Crippen molar-refractivity contribution in [3.8, 4) is 0 Å². The third kappa shape index (κ3) is 1.82. The molecule has 2 atom stereocenters. The number of nitrogens with one attached hydrogen (secondary N) is 1. The standard InChI is InChI=1S/C12H22N2/c1-2-11-6-7-13-8-12(3-1)14(11)9-10-4-5-10/h10-13H,1-9H2. The molecule has 1 N–H and O–H groups in total. The molecule has 1 saturated carbocycles. The zero-order valence-corrected chi connectivity index (χ0v) is 9.04. The molecule has 14 heavy (non-hydrogen) atoms. The lowest BCUT2D eigenvalue weighted by Crippen LogP contribution is -2.48. The molecule has 0 radical (unpaired) electrons. The van der Waals surface area contributed by atoms with Crippen LogP contribution in [0.25, 0.3) is 0 Å². The van der Waals surface area contributed by atoms with Gasteiger partial charge in [0.15, 0.2) is 0 Å².